The highest BCUT2D eigenvalue weighted by molar-refractivity contribution is 6.33. The van der Waals surface area contributed by atoms with Crippen LogP contribution in [0.5, 0.6) is 0 Å². The SMILES string of the molecule is COC(=O)N[C@H](C(=O)N1CCC[C@H]1c1nc2ccc(C3CC[C@H](c4ccc5nc([C@@H]6CCCN6C(=O)[C@@H](NC(=O)OC)C(C)C)[nH]c5c4)N3c3ccc(N4CCCCC4)c(Cl)c3)cc2[nH]1)C(C)C. The van der Waals surface area contributed by atoms with Crippen molar-refractivity contribution >= 4 is 69.0 Å². The van der Waals surface area contributed by atoms with E-state index in [9.17, 15) is 19.2 Å². The van der Waals surface area contributed by atoms with Crippen molar-refractivity contribution in [2.24, 2.45) is 11.8 Å². The molecular formula is C51H65ClN10O6. The number of aromatic amines is 2. The van der Waals surface area contributed by atoms with E-state index in [1.54, 1.807) is 0 Å². The third-order valence-corrected chi connectivity index (χ3v) is 14.9. The zero-order chi connectivity index (χ0) is 47.8. The molecule has 4 fully saturated rings. The predicted molar refractivity (Wildman–Crippen MR) is 263 cm³/mol. The van der Waals surface area contributed by atoms with E-state index in [0.717, 1.165) is 126 Å². The van der Waals surface area contributed by atoms with Gasteiger partial charge in [0.15, 0.2) is 0 Å². The van der Waals surface area contributed by atoms with Crippen molar-refractivity contribution in [3.05, 3.63) is 82.4 Å². The van der Waals surface area contributed by atoms with E-state index >= 15 is 0 Å². The van der Waals surface area contributed by atoms with Gasteiger partial charge in [-0.2, -0.15) is 0 Å². The number of H-pyrrole nitrogens is 2. The lowest BCUT2D eigenvalue weighted by atomic mass is 10.0. The van der Waals surface area contributed by atoms with Crippen LogP contribution < -0.4 is 20.4 Å². The summed E-state index contributed by atoms with van der Waals surface area (Å²) in [7, 11) is 2.60. The van der Waals surface area contributed by atoms with E-state index in [2.05, 4.69) is 85.0 Å². The van der Waals surface area contributed by atoms with Gasteiger partial charge in [0.25, 0.3) is 0 Å². The summed E-state index contributed by atoms with van der Waals surface area (Å²) in [5.74, 6) is 0.930. The highest BCUT2D eigenvalue weighted by Crippen LogP contribution is 2.49. The number of rotatable bonds is 12. The molecule has 9 rings (SSSR count). The number of piperidine rings is 1. The molecule has 362 valence electrons. The Kier molecular flexibility index (Phi) is 13.8. The normalized spacial score (nSPS) is 21.8. The number of hydrogen-bond donors (Lipinski definition) is 4. The van der Waals surface area contributed by atoms with Crippen LogP contribution in [0.25, 0.3) is 22.1 Å². The van der Waals surface area contributed by atoms with Crippen molar-refractivity contribution < 1.29 is 28.7 Å². The second kappa shape index (κ2) is 19.9. The molecule has 3 aromatic carbocycles. The van der Waals surface area contributed by atoms with Gasteiger partial charge in [0.2, 0.25) is 11.8 Å². The summed E-state index contributed by atoms with van der Waals surface area (Å²) >= 11 is 7.22. The van der Waals surface area contributed by atoms with Crippen LogP contribution in [-0.2, 0) is 19.1 Å². The van der Waals surface area contributed by atoms with Gasteiger partial charge in [0.1, 0.15) is 23.7 Å². The molecule has 4 aliphatic heterocycles. The fourth-order valence-corrected chi connectivity index (χ4v) is 11.4. The Morgan fingerprint density at radius 3 is 1.54 bits per heavy atom. The first-order chi connectivity index (χ1) is 32.8. The van der Waals surface area contributed by atoms with Gasteiger partial charge >= 0.3 is 12.2 Å². The van der Waals surface area contributed by atoms with Gasteiger partial charge in [0.05, 0.1) is 71.2 Å². The quantitative estimate of drug-likeness (QED) is 0.0942. The number of fused-ring (bicyclic) bond motifs is 2. The molecule has 2 aromatic heterocycles. The number of likely N-dealkylation sites (tertiary alicyclic amines) is 2. The summed E-state index contributed by atoms with van der Waals surface area (Å²) < 4.78 is 9.68. The fourth-order valence-electron chi connectivity index (χ4n) is 11.1. The molecule has 0 saturated carbocycles. The lowest BCUT2D eigenvalue weighted by Crippen LogP contribution is -2.51. The van der Waals surface area contributed by atoms with E-state index in [1.165, 1.54) is 20.6 Å². The number of amides is 4. The Balaban J connectivity index is 1.02. The number of benzene rings is 3. The largest absolute Gasteiger partial charge is 0.453 e. The molecule has 4 N–H and O–H groups in total. The topological polar surface area (TPSA) is 181 Å². The molecule has 4 amide bonds. The summed E-state index contributed by atoms with van der Waals surface area (Å²) in [6.45, 7) is 10.8. The van der Waals surface area contributed by atoms with Crippen LogP contribution in [0, 0.1) is 11.8 Å². The lowest BCUT2D eigenvalue weighted by molar-refractivity contribution is -0.136. The lowest BCUT2D eigenvalue weighted by Gasteiger charge is -2.35. The number of ether oxygens (including phenoxy) is 2. The Morgan fingerprint density at radius 1 is 0.618 bits per heavy atom. The number of nitrogens with one attached hydrogen (secondary N) is 4. The highest BCUT2D eigenvalue weighted by Gasteiger charge is 2.41. The molecular weight excluding hydrogens is 884 g/mol. The van der Waals surface area contributed by atoms with E-state index in [-0.39, 0.29) is 47.8 Å². The Bertz CT molecular complexity index is 2510. The van der Waals surface area contributed by atoms with Crippen molar-refractivity contribution in [3.63, 3.8) is 0 Å². The number of anilines is 2. The Morgan fingerprint density at radius 2 is 1.10 bits per heavy atom. The summed E-state index contributed by atoms with van der Waals surface area (Å²) in [4.78, 5) is 78.2. The van der Waals surface area contributed by atoms with Crippen molar-refractivity contribution in [2.75, 3.05) is 50.2 Å². The summed E-state index contributed by atoms with van der Waals surface area (Å²) in [6, 6.07) is 17.5. The molecule has 0 radical (unpaired) electrons. The second-order valence-corrected chi connectivity index (χ2v) is 20.0. The number of nitrogens with zero attached hydrogens (tertiary/aromatic N) is 6. The number of carbonyl (C=O) groups is 4. The number of hydrogen-bond acceptors (Lipinski definition) is 10. The maximum absolute atomic E-state index is 13.9. The average Bonchev–Trinajstić information content (AvgIpc) is 4.20. The van der Waals surface area contributed by atoms with E-state index in [1.807, 2.05) is 37.5 Å². The first-order valence-corrected chi connectivity index (χ1v) is 24.8. The van der Waals surface area contributed by atoms with Crippen molar-refractivity contribution in [2.45, 2.75) is 122 Å². The number of aromatic nitrogens is 4. The Labute approximate surface area is 402 Å². The zero-order valence-electron chi connectivity index (χ0n) is 40.0. The molecule has 16 nitrogen and oxygen atoms in total. The number of carbonyl (C=O) groups excluding carboxylic acids is 4. The minimum atomic E-state index is -0.715. The van der Waals surface area contributed by atoms with E-state index in [4.69, 9.17) is 31.0 Å². The number of halogens is 1. The molecule has 0 spiro atoms. The average molecular weight is 950 g/mol. The molecule has 4 aliphatic rings. The smallest absolute Gasteiger partial charge is 0.407 e. The third-order valence-electron chi connectivity index (χ3n) is 14.6. The van der Waals surface area contributed by atoms with Crippen LogP contribution in [0.1, 0.15) is 132 Å². The van der Waals surface area contributed by atoms with Crippen LogP contribution in [-0.4, -0.2) is 106 Å². The third kappa shape index (κ3) is 9.27. The van der Waals surface area contributed by atoms with Gasteiger partial charge in [-0.05, 0) is 123 Å². The monoisotopic (exact) mass is 948 g/mol. The number of methoxy groups -OCH3 is 2. The van der Waals surface area contributed by atoms with Crippen molar-refractivity contribution in [3.8, 4) is 0 Å². The van der Waals surface area contributed by atoms with Gasteiger partial charge in [-0.1, -0.05) is 51.4 Å². The molecule has 0 bridgehead atoms. The highest BCUT2D eigenvalue weighted by atomic mass is 35.5. The molecule has 6 atom stereocenters. The van der Waals surface area contributed by atoms with Gasteiger partial charge in [0, 0.05) is 31.9 Å². The zero-order valence-corrected chi connectivity index (χ0v) is 40.8. The van der Waals surface area contributed by atoms with Gasteiger partial charge in [-0.3, -0.25) is 9.59 Å². The number of imidazole rings is 2. The Hall–Kier alpha value is -6.03. The van der Waals surface area contributed by atoms with Crippen LogP contribution in [0.2, 0.25) is 5.02 Å². The summed E-state index contributed by atoms with van der Waals surface area (Å²) in [5.41, 5.74) is 7.86. The summed E-state index contributed by atoms with van der Waals surface area (Å²) in [5, 5.41) is 6.23. The maximum atomic E-state index is 13.9. The van der Waals surface area contributed by atoms with E-state index < -0.39 is 24.3 Å². The van der Waals surface area contributed by atoms with Crippen molar-refractivity contribution in [1.82, 2.24) is 40.4 Å². The minimum Gasteiger partial charge on any atom is -0.453 e. The minimum absolute atomic E-state index is 0.00685. The van der Waals surface area contributed by atoms with Gasteiger partial charge in [-0.15, -0.1) is 0 Å². The standard InChI is InChI=1S/C51H65ClN10O6/c1-29(2)44(57-50(65)67-5)48(63)60-24-10-12-42(60)46-53-35-17-14-31(26-37(35)55-46)39-20-21-40(62(39)33-16-19-41(34(52)28-33)59-22-8-7-9-23-59)32-15-18-36-38(27-32)56-47(54-36)43-13-11-25-61(43)49(64)45(30(3)4)58-51(66)68-6/h14-19,26-30,39-40,42-45H,7-13,20-25H2,1-6H3,(H,53,55)(H,54,56)(H,57,65)(H,58,66)/t39-,40?,42+,43+,44+,45+/m1/s1. The van der Waals surface area contributed by atoms with Crippen LogP contribution in [0.3, 0.4) is 0 Å². The van der Waals surface area contributed by atoms with Crippen molar-refractivity contribution in [1.29, 1.82) is 0 Å². The maximum Gasteiger partial charge on any atom is 0.407 e. The molecule has 4 saturated heterocycles. The molecule has 0 aliphatic carbocycles. The molecule has 68 heavy (non-hydrogen) atoms. The van der Waals surface area contributed by atoms with Crippen LogP contribution in [0.15, 0.2) is 54.6 Å². The van der Waals surface area contributed by atoms with Crippen LogP contribution in [0.4, 0.5) is 21.0 Å². The predicted octanol–water partition coefficient (Wildman–Crippen LogP) is 9.25. The van der Waals surface area contributed by atoms with Gasteiger partial charge in [-0.25, -0.2) is 19.6 Å². The first-order valence-electron chi connectivity index (χ1n) is 24.4. The molecule has 6 heterocycles. The molecule has 5 aromatic rings. The number of alkyl carbamates (subject to hydrolysis) is 2. The molecule has 1 unspecified atom stereocenters. The van der Waals surface area contributed by atoms with Crippen LogP contribution >= 0.6 is 11.6 Å². The fraction of sp³-hybridized carbons (Fsp3) is 0.529. The summed E-state index contributed by atoms with van der Waals surface area (Å²) in [6.07, 6.45) is 7.27. The second-order valence-electron chi connectivity index (χ2n) is 19.6. The first kappa shape index (κ1) is 47.1. The molecule has 17 heteroatoms. The van der Waals surface area contributed by atoms with Gasteiger partial charge < -0.3 is 49.7 Å². The van der Waals surface area contributed by atoms with E-state index in [0.29, 0.717) is 13.1 Å².